The van der Waals surface area contributed by atoms with Crippen molar-refractivity contribution in [3.05, 3.63) is 0 Å². The molecule has 72 valence electrons. The molecule has 3 N–H and O–H groups in total. The summed E-state index contributed by atoms with van der Waals surface area (Å²) < 4.78 is 9.98. The van der Waals surface area contributed by atoms with Crippen molar-refractivity contribution in [1.29, 1.82) is 0 Å². The molecule has 0 amide bonds. The largest absolute Gasteiger partial charge is 0.394 e. The second-order valence-corrected chi connectivity index (χ2v) is 2.66. The third-order valence-electron chi connectivity index (χ3n) is 1.83. The molecule has 0 radical (unpaired) electrons. The fraction of sp³-hybridized carbons (Fsp3) is 1.00. The number of hydrogen-bond acceptors (Lipinski definition) is 5. The van der Waals surface area contributed by atoms with Gasteiger partial charge in [0, 0.05) is 6.61 Å². The minimum absolute atomic E-state index is 0.318. The van der Waals surface area contributed by atoms with Crippen LogP contribution in [-0.4, -0.2) is 53.1 Å². The van der Waals surface area contributed by atoms with Crippen LogP contribution in [0.5, 0.6) is 0 Å². The fourth-order valence-corrected chi connectivity index (χ4v) is 1.17. The monoisotopic (exact) mass is 178 g/mol. The van der Waals surface area contributed by atoms with Gasteiger partial charge in [0.2, 0.25) is 0 Å². The van der Waals surface area contributed by atoms with E-state index in [2.05, 4.69) is 0 Å². The molecule has 0 bridgehead atoms. The summed E-state index contributed by atoms with van der Waals surface area (Å²) in [6.45, 7) is 1.84. The minimum atomic E-state index is -1.07. The molecule has 1 saturated heterocycles. The SMILES string of the molecule is CCOC1O[C@@H](CO)[C@@H](O)[C@@H]1O. The Hall–Kier alpha value is -0.200. The van der Waals surface area contributed by atoms with E-state index < -0.39 is 24.6 Å². The van der Waals surface area contributed by atoms with E-state index in [0.717, 1.165) is 0 Å². The Balaban J connectivity index is 2.48. The van der Waals surface area contributed by atoms with Gasteiger partial charge < -0.3 is 24.8 Å². The Morgan fingerprint density at radius 2 is 2.00 bits per heavy atom. The highest BCUT2D eigenvalue weighted by Crippen LogP contribution is 2.21. The summed E-state index contributed by atoms with van der Waals surface area (Å²) in [5.74, 6) is 0. The van der Waals surface area contributed by atoms with Gasteiger partial charge >= 0.3 is 0 Å². The highest BCUT2D eigenvalue weighted by molar-refractivity contribution is 4.85. The molecule has 0 aromatic rings. The maximum absolute atomic E-state index is 9.28. The van der Waals surface area contributed by atoms with Crippen molar-refractivity contribution in [2.24, 2.45) is 0 Å². The number of aliphatic hydroxyl groups is 3. The first-order valence-corrected chi connectivity index (χ1v) is 3.94. The molecule has 0 spiro atoms. The summed E-state index contributed by atoms with van der Waals surface area (Å²) >= 11 is 0. The lowest BCUT2D eigenvalue weighted by Gasteiger charge is -2.13. The molecule has 0 aromatic heterocycles. The molecule has 1 rings (SSSR count). The fourth-order valence-electron chi connectivity index (χ4n) is 1.17. The third-order valence-corrected chi connectivity index (χ3v) is 1.83. The van der Waals surface area contributed by atoms with Crippen molar-refractivity contribution in [1.82, 2.24) is 0 Å². The van der Waals surface area contributed by atoms with Crippen LogP contribution in [0.1, 0.15) is 6.92 Å². The second-order valence-electron chi connectivity index (χ2n) is 2.66. The molecular weight excluding hydrogens is 164 g/mol. The summed E-state index contributed by atoms with van der Waals surface area (Å²) in [6, 6.07) is 0. The van der Waals surface area contributed by atoms with E-state index >= 15 is 0 Å². The Morgan fingerprint density at radius 3 is 2.42 bits per heavy atom. The van der Waals surface area contributed by atoms with Gasteiger partial charge in [0.05, 0.1) is 6.61 Å². The lowest BCUT2D eigenvalue weighted by molar-refractivity contribution is -0.166. The number of ether oxygens (including phenoxy) is 2. The Bertz CT molecular complexity index is 140. The van der Waals surface area contributed by atoms with E-state index in [0.29, 0.717) is 6.61 Å². The van der Waals surface area contributed by atoms with Gasteiger partial charge in [-0.1, -0.05) is 0 Å². The first-order chi connectivity index (χ1) is 5.70. The van der Waals surface area contributed by atoms with Crippen molar-refractivity contribution in [3.8, 4) is 0 Å². The topological polar surface area (TPSA) is 79.2 Å². The first kappa shape index (κ1) is 9.88. The maximum Gasteiger partial charge on any atom is 0.186 e. The zero-order valence-corrected chi connectivity index (χ0v) is 6.88. The predicted molar refractivity (Wildman–Crippen MR) is 39.4 cm³/mol. The van der Waals surface area contributed by atoms with Gasteiger partial charge in [0.1, 0.15) is 18.3 Å². The first-order valence-electron chi connectivity index (χ1n) is 3.94. The summed E-state index contributed by atoms with van der Waals surface area (Å²) in [5.41, 5.74) is 0. The summed E-state index contributed by atoms with van der Waals surface area (Å²) in [4.78, 5) is 0. The molecule has 0 aliphatic carbocycles. The van der Waals surface area contributed by atoms with Crippen LogP contribution in [0.4, 0.5) is 0 Å². The minimum Gasteiger partial charge on any atom is -0.394 e. The lowest BCUT2D eigenvalue weighted by atomic mass is 10.1. The predicted octanol–water partition coefficient (Wildman–Crippen LogP) is -1.54. The number of hydrogen-bond donors (Lipinski definition) is 3. The van der Waals surface area contributed by atoms with Crippen LogP contribution in [-0.2, 0) is 9.47 Å². The molecule has 12 heavy (non-hydrogen) atoms. The van der Waals surface area contributed by atoms with Gasteiger partial charge in [0.15, 0.2) is 6.29 Å². The number of aliphatic hydroxyl groups excluding tert-OH is 3. The van der Waals surface area contributed by atoms with Crippen LogP contribution in [0.3, 0.4) is 0 Å². The van der Waals surface area contributed by atoms with Gasteiger partial charge in [-0.05, 0) is 6.92 Å². The average Bonchev–Trinajstić information content (AvgIpc) is 2.33. The molecule has 0 aromatic carbocycles. The van der Waals surface area contributed by atoms with E-state index in [1.165, 1.54) is 0 Å². The summed E-state index contributed by atoms with van der Waals surface area (Å²) in [7, 11) is 0. The van der Waals surface area contributed by atoms with E-state index in [1.807, 2.05) is 0 Å². The van der Waals surface area contributed by atoms with Gasteiger partial charge in [-0.15, -0.1) is 0 Å². The molecule has 4 atom stereocenters. The number of rotatable bonds is 3. The van der Waals surface area contributed by atoms with Gasteiger partial charge in [-0.2, -0.15) is 0 Å². The molecule has 5 heteroatoms. The third kappa shape index (κ3) is 1.75. The van der Waals surface area contributed by atoms with Crippen molar-refractivity contribution in [2.75, 3.05) is 13.2 Å². The zero-order chi connectivity index (χ0) is 9.14. The molecular formula is C7H14O5. The van der Waals surface area contributed by atoms with E-state index in [9.17, 15) is 10.2 Å². The Kier molecular flexibility index (Phi) is 3.42. The Labute approximate surface area is 70.5 Å². The van der Waals surface area contributed by atoms with Crippen LogP contribution < -0.4 is 0 Å². The van der Waals surface area contributed by atoms with E-state index in [-0.39, 0.29) is 6.61 Å². The molecule has 0 saturated carbocycles. The maximum atomic E-state index is 9.28. The van der Waals surface area contributed by atoms with Crippen LogP contribution in [0.15, 0.2) is 0 Å². The van der Waals surface area contributed by atoms with E-state index in [4.69, 9.17) is 14.6 Å². The quantitative estimate of drug-likeness (QED) is 0.488. The van der Waals surface area contributed by atoms with Crippen LogP contribution in [0.25, 0.3) is 0 Å². The lowest BCUT2D eigenvalue weighted by Crippen LogP contribution is -2.34. The van der Waals surface area contributed by atoms with Crippen LogP contribution in [0.2, 0.25) is 0 Å². The normalized spacial score (nSPS) is 42.0. The molecule has 1 aliphatic rings. The smallest absolute Gasteiger partial charge is 0.186 e. The summed E-state index contributed by atoms with van der Waals surface area (Å²) in [5, 5.41) is 27.2. The van der Waals surface area contributed by atoms with Crippen molar-refractivity contribution in [3.63, 3.8) is 0 Å². The summed E-state index contributed by atoms with van der Waals surface area (Å²) in [6.07, 6.45) is -3.69. The van der Waals surface area contributed by atoms with Crippen molar-refractivity contribution >= 4 is 0 Å². The van der Waals surface area contributed by atoms with E-state index in [1.54, 1.807) is 6.92 Å². The van der Waals surface area contributed by atoms with Crippen LogP contribution >= 0.6 is 0 Å². The highest BCUT2D eigenvalue weighted by Gasteiger charge is 2.42. The van der Waals surface area contributed by atoms with Crippen molar-refractivity contribution in [2.45, 2.75) is 31.5 Å². The highest BCUT2D eigenvalue weighted by atomic mass is 16.7. The standard InChI is InChI=1S/C7H14O5/c1-2-11-7-6(10)5(9)4(3-8)12-7/h4-10H,2-3H2,1H3/t4-,5+,6-,7?/m0/s1. The molecule has 1 unspecified atom stereocenters. The van der Waals surface area contributed by atoms with Gasteiger partial charge in [-0.3, -0.25) is 0 Å². The van der Waals surface area contributed by atoms with Gasteiger partial charge in [-0.25, -0.2) is 0 Å². The molecule has 1 aliphatic heterocycles. The zero-order valence-electron chi connectivity index (χ0n) is 6.88. The molecule has 5 nitrogen and oxygen atoms in total. The average molecular weight is 178 g/mol. The van der Waals surface area contributed by atoms with Crippen LogP contribution in [0, 0.1) is 0 Å². The second kappa shape index (κ2) is 4.15. The Morgan fingerprint density at radius 1 is 1.33 bits per heavy atom. The van der Waals surface area contributed by atoms with Crippen molar-refractivity contribution < 1.29 is 24.8 Å². The molecule has 1 heterocycles. The van der Waals surface area contributed by atoms with Gasteiger partial charge in [0.25, 0.3) is 0 Å². The molecule has 1 fully saturated rings.